The zero-order valence-corrected chi connectivity index (χ0v) is 15.7. The van der Waals surface area contributed by atoms with Crippen LogP contribution in [0.1, 0.15) is 26.5 Å². The van der Waals surface area contributed by atoms with E-state index in [1.165, 1.54) is 32.6 Å². The fraction of sp³-hybridized carbons (Fsp3) is 0.0952. The minimum Gasteiger partial charge on any atom is -0.497 e. The number of furan rings is 1. The van der Waals surface area contributed by atoms with Gasteiger partial charge < -0.3 is 19.0 Å². The molecule has 0 bridgehead atoms. The lowest BCUT2D eigenvalue weighted by Gasteiger charge is -2.08. The number of rotatable bonds is 7. The highest BCUT2D eigenvalue weighted by molar-refractivity contribution is 5.97. The maximum Gasteiger partial charge on any atom is 0.335 e. The number of nitrogens with one attached hydrogen (secondary N) is 1. The minimum absolute atomic E-state index is 0.162. The Morgan fingerprint density at radius 2 is 1.90 bits per heavy atom. The molecule has 0 saturated heterocycles. The largest absolute Gasteiger partial charge is 0.497 e. The average molecular weight is 394 g/mol. The van der Waals surface area contributed by atoms with Crippen LogP contribution in [-0.4, -0.2) is 37.4 Å². The van der Waals surface area contributed by atoms with Crippen LogP contribution < -0.4 is 14.9 Å². The summed E-state index contributed by atoms with van der Waals surface area (Å²) in [4.78, 5) is 23.4. The number of methoxy groups -OCH3 is 2. The van der Waals surface area contributed by atoms with Crippen molar-refractivity contribution in [2.75, 3.05) is 14.2 Å². The van der Waals surface area contributed by atoms with Crippen molar-refractivity contribution in [1.29, 1.82) is 0 Å². The number of amides is 1. The van der Waals surface area contributed by atoms with Crippen LogP contribution in [0.15, 0.2) is 64.1 Å². The third kappa shape index (κ3) is 4.62. The van der Waals surface area contributed by atoms with Crippen molar-refractivity contribution in [2.45, 2.75) is 0 Å². The van der Waals surface area contributed by atoms with Gasteiger partial charge in [0, 0.05) is 11.6 Å². The third-order valence-electron chi connectivity index (χ3n) is 4.03. The van der Waals surface area contributed by atoms with E-state index in [-0.39, 0.29) is 5.56 Å². The van der Waals surface area contributed by atoms with Crippen LogP contribution >= 0.6 is 0 Å². The number of hydrazone groups is 1. The first-order valence-corrected chi connectivity index (χ1v) is 8.51. The lowest BCUT2D eigenvalue weighted by atomic mass is 10.1. The fourth-order valence-electron chi connectivity index (χ4n) is 2.58. The van der Waals surface area contributed by atoms with Crippen molar-refractivity contribution in [1.82, 2.24) is 5.43 Å². The molecule has 148 valence electrons. The van der Waals surface area contributed by atoms with Gasteiger partial charge in [-0.1, -0.05) is 12.1 Å². The van der Waals surface area contributed by atoms with Gasteiger partial charge in [-0.3, -0.25) is 4.79 Å². The molecule has 29 heavy (non-hydrogen) atoms. The van der Waals surface area contributed by atoms with Gasteiger partial charge in [-0.05, 0) is 36.4 Å². The zero-order valence-electron chi connectivity index (χ0n) is 15.7. The summed E-state index contributed by atoms with van der Waals surface area (Å²) in [6.07, 6.45) is 1.35. The van der Waals surface area contributed by atoms with Crippen molar-refractivity contribution in [2.24, 2.45) is 5.10 Å². The maximum absolute atomic E-state index is 12.3. The van der Waals surface area contributed by atoms with Crippen LogP contribution in [0.5, 0.6) is 11.5 Å². The number of aromatic carboxylic acids is 1. The van der Waals surface area contributed by atoms with E-state index in [1.54, 1.807) is 42.5 Å². The molecule has 8 nitrogen and oxygen atoms in total. The molecule has 0 aliphatic rings. The molecule has 0 aliphatic carbocycles. The summed E-state index contributed by atoms with van der Waals surface area (Å²) in [6.45, 7) is 0. The lowest BCUT2D eigenvalue weighted by Crippen LogP contribution is -2.18. The molecule has 0 aliphatic heterocycles. The number of ether oxygens (including phenoxy) is 2. The Morgan fingerprint density at radius 1 is 1.07 bits per heavy atom. The van der Waals surface area contributed by atoms with Crippen LogP contribution in [-0.2, 0) is 0 Å². The van der Waals surface area contributed by atoms with E-state index in [1.807, 2.05) is 0 Å². The minimum atomic E-state index is -1.02. The van der Waals surface area contributed by atoms with Crippen LogP contribution in [0.3, 0.4) is 0 Å². The molecule has 0 spiro atoms. The monoisotopic (exact) mass is 394 g/mol. The molecule has 0 saturated carbocycles. The highest BCUT2D eigenvalue weighted by atomic mass is 16.5. The Kier molecular flexibility index (Phi) is 5.94. The fourth-order valence-corrected chi connectivity index (χ4v) is 2.58. The third-order valence-corrected chi connectivity index (χ3v) is 4.03. The summed E-state index contributed by atoms with van der Waals surface area (Å²) < 4.78 is 15.9. The molecule has 2 N–H and O–H groups in total. The molecule has 3 rings (SSSR count). The van der Waals surface area contributed by atoms with E-state index < -0.39 is 11.9 Å². The molecule has 0 fully saturated rings. The van der Waals surface area contributed by atoms with Crippen LogP contribution in [0.4, 0.5) is 0 Å². The molecule has 8 heteroatoms. The van der Waals surface area contributed by atoms with Crippen molar-refractivity contribution >= 4 is 18.1 Å². The number of carboxylic acid groups (broad SMARTS) is 1. The predicted octanol–water partition coefficient (Wildman–Crippen LogP) is 3.43. The van der Waals surface area contributed by atoms with Gasteiger partial charge in [-0.25, -0.2) is 10.2 Å². The molecule has 0 radical (unpaired) electrons. The summed E-state index contributed by atoms with van der Waals surface area (Å²) in [5.74, 6) is 0.326. The Morgan fingerprint density at radius 3 is 2.62 bits per heavy atom. The number of hydrogen-bond donors (Lipinski definition) is 2. The van der Waals surface area contributed by atoms with Crippen LogP contribution in [0, 0.1) is 0 Å². The van der Waals surface area contributed by atoms with E-state index in [9.17, 15) is 9.59 Å². The first kappa shape index (κ1) is 19.7. The van der Waals surface area contributed by atoms with E-state index >= 15 is 0 Å². The van der Waals surface area contributed by atoms with E-state index in [4.69, 9.17) is 19.0 Å². The van der Waals surface area contributed by atoms with E-state index in [2.05, 4.69) is 10.5 Å². The Hall–Kier alpha value is -4.07. The van der Waals surface area contributed by atoms with Gasteiger partial charge in [-0.15, -0.1) is 0 Å². The number of nitrogens with zero attached hydrogens (tertiary/aromatic N) is 1. The van der Waals surface area contributed by atoms with Gasteiger partial charge in [0.15, 0.2) is 0 Å². The number of hydrogen-bond acceptors (Lipinski definition) is 6. The van der Waals surface area contributed by atoms with Gasteiger partial charge >= 0.3 is 5.97 Å². The molecule has 1 heterocycles. The second kappa shape index (κ2) is 8.75. The number of carbonyl (C=O) groups excluding carboxylic acids is 1. The van der Waals surface area contributed by atoms with Gasteiger partial charge in [0.25, 0.3) is 5.91 Å². The van der Waals surface area contributed by atoms with Crippen molar-refractivity contribution in [3.8, 4) is 22.8 Å². The van der Waals surface area contributed by atoms with Crippen molar-refractivity contribution in [3.63, 3.8) is 0 Å². The van der Waals surface area contributed by atoms with Gasteiger partial charge in [0.2, 0.25) is 0 Å². The number of carboxylic acids is 1. The quantitative estimate of drug-likeness (QED) is 0.469. The van der Waals surface area contributed by atoms with E-state index in [0.717, 1.165) is 0 Å². The van der Waals surface area contributed by atoms with Crippen molar-refractivity contribution < 1.29 is 28.6 Å². The molecule has 0 atom stereocenters. The zero-order chi connectivity index (χ0) is 20.8. The summed E-state index contributed by atoms with van der Waals surface area (Å²) in [6, 6.07) is 14.6. The molecule has 0 unspecified atom stereocenters. The molecular weight excluding hydrogens is 376 g/mol. The number of benzene rings is 2. The summed E-state index contributed by atoms with van der Waals surface area (Å²) in [5, 5.41) is 13.0. The molecule has 2 aromatic carbocycles. The Bertz CT molecular complexity index is 1070. The van der Waals surface area contributed by atoms with Gasteiger partial charge in [0.05, 0.1) is 31.6 Å². The number of carbonyl (C=O) groups is 2. The molecule has 1 aromatic heterocycles. The smallest absolute Gasteiger partial charge is 0.335 e. The Balaban J connectivity index is 1.70. The topological polar surface area (TPSA) is 110 Å². The van der Waals surface area contributed by atoms with Crippen molar-refractivity contribution in [3.05, 3.63) is 71.5 Å². The van der Waals surface area contributed by atoms with E-state index in [0.29, 0.717) is 34.1 Å². The highest BCUT2D eigenvalue weighted by Gasteiger charge is 2.13. The summed E-state index contributed by atoms with van der Waals surface area (Å²) in [7, 11) is 2.98. The summed E-state index contributed by atoms with van der Waals surface area (Å²) >= 11 is 0. The average Bonchev–Trinajstić information content (AvgIpc) is 3.22. The maximum atomic E-state index is 12.3. The second-order valence-electron chi connectivity index (χ2n) is 5.85. The van der Waals surface area contributed by atoms with Crippen LogP contribution in [0.25, 0.3) is 11.3 Å². The molecular formula is C21H18N2O6. The normalized spacial score (nSPS) is 10.7. The second-order valence-corrected chi connectivity index (χ2v) is 5.85. The first-order chi connectivity index (χ1) is 14.0. The Labute approximate surface area is 166 Å². The first-order valence-electron chi connectivity index (χ1n) is 8.51. The molecule has 1 amide bonds. The van der Waals surface area contributed by atoms with Crippen LogP contribution in [0.2, 0.25) is 0 Å². The standard InChI is InChI=1S/C21H18N2O6/c1-27-15-6-8-17(19(11-15)28-2)20(24)23-22-12-16-7-9-18(29-16)13-4-3-5-14(10-13)21(25)26/h3-12H,1-2H3,(H,23,24)(H,25,26)/b22-12-. The molecule has 3 aromatic rings. The highest BCUT2D eigenvalue weighted by Crippen LogP contribution is 2.25. The van der Waals surface area contributed by atoms with Gasteiger partial charge in [-0.2, -0.15) is 5.10 Å². The van der Waals surface area contributed by atoms with Gasteiger partial charge in [0.1, 0.15) is 23.0 Å². The predicted molar refractivity (Wildman–Crippen MR) is 106 cm³/mol. The lowest BCUT2D eigenvalue weighted by molar-refractivity contribution is 0.0696. The SMILES string of the molecule is COc1ccc(C(=O)N/N=C\c2ccc(-c3cccc(C(=O)O)c3)o2)c(OC)c1. The summed E-state index contributed by atoms with van der Waals surface area (Å²) in [5.41, 5.74) is 3.49.